The lowest BCUT2D eigenvalue weighted by molar-refractivity contribution is -0.131. The second-order valence-corrected chi connectivity index (χ2v) is 4.92. The van der Waals surface area contributed by atoms with Crippen molar-refractivity contribution in [2.75, 3.05) is 6.61 Å². The van der Waals surface area contributed by atoms with Crippen molar-refractivity contribution < 1.29 is 19.5 Å². The first-order valence-corrected chi connectivity index (χ1v) is 5.92. The molecule has 98 valence electrons. The Morgan fingerprint density at radius 1 is 1.44 bits per heavy atom. The molecule has 0 spiro atoms. The van der Waals surface area contributed by atoms with E-state index in [1.165, 1.54) is 0 Å². The molecule has 0 aromatic rings. The molecule has 18 heavy (non-hydrogen) atoms. The van der Waals surface area contributed by atoms with E-state index < -0.39 is 23.3 Å². The van der Waals surface area contributed by atoms with Gasteiger partial charge in [0.1, 0.15) is 6.29 Å². The molecular formula is C12H16N2O4. The van der Waals surface area contributed by atoms with Crippen LogP contribution in [0.1, 0.15) is 19.3 Å². The summed E-state index contributed by atoms with van der Waals surface area (Å²) in [7, 11) is 0. The fraction of sp³-hybridized carbons (Fsp3) is 0.583. The minimum absolute atomic E-state index is 0.0830. The lowest BCUT2D eigenvalue weighted by Gasteiger charge is -2.39. The van der Waals surface area contributed by atoms with Crippen LogP contribution in [-0.2, 0) is 9.59 Å². The number of amides is 3. The van der Waals surface area contributed by atoms with Crippen molar-refractivity contribution in [3.8, 4) is 0 Å². The molecular weight excluding hydrogens is 236 g/mol. The van der Waals surface area contributed by atoms with Gasteiger partial charge in [0.2, 0.25) is 5.91 Å². The maximum Gasteiger partial charge on any atom is 0.325 e. The van der Waals surface area contributed by atoms with E-state index in [-0.39, 0.29) is 18.9 Å². The number of imide groups is 1. The maximum absolute atomic E-state index is 12.2. The van der Waals surface area contributed by atoms with E-state index in [4.69, 9.17) is 5.11 Å². The Kier molecular flexibility index (Phi) is 3.21. The summed E-state index contributed by atoms with van der Waals surface area (Å²) in [4.78, 5) is 34.2. The van der Waals surface area contributed by atoms with Crippen LogP contribution in [0.2, 0.25) is 0 Å². The minimum atomic E-state index is -0.956. The highest BCUT2D eigenvalue weighted by Gasteiger charge is 2.56. The number of hydrogen-bond donors (Lipinski definition) is 3. The topological polar surface area (TPSA) is 95.5 Å². The van der Waals surface area contributed by atoms with E-state index in [0.29, 0.717) is 12.0 Å². The summed E-state index contributed by atoms with van der Waals surface area (Å²) in [6, 6.07) is -0.590. The van der Waals surface area contributed by atoms with Crippen LogP contribution in [0, 0.1) is 17.3 Å². The third-order valence-electron chi connectivity index (χ3n) is 3.72. The third-order valence-corrected chi connectivity index (χ3v) is 3.72. The Labute approximate surface area is 104 Å². The Bertz CT molecular complexity index is 394. The molecule has 1 heterocycles. The summed E-state index contributed by atoms with van der Waals surface area (Å²) in [5, 5.41) is 13.9. The molecule has 2 atom stereocenters. The third kappa shape index (κ3) is 1.92. The van der Waals surface area contributed by atoms with E-state index in [1.807, 2.05) is 0 Å². The van der Waals surface area contributed by atoms with Gasteiger partial charge in [-0.15, -0.1) is 0 Å². The number of carbonyl (C=O) groups is 3. The number of nitrogens with one attached hydrogen (secondary N) is 2. The molecule has 2 aliphatic rings. The Hall–Kier alpha value is -1.69. The summed E-state index contributed by atoms with van der Waals surface area (Å²) >= 11 is 0. The fourth-order valence-corrected chi connectivity index (χ4v) is 2.59. The van der Waals surface area contributed by atoms with Crippen LogP contribution >= 0.6 is 0 Å². The molecule has 1 saturated heterocycles. The van der Waals surface area contributed by atoms with Gasteiger partial charge in [-0.1, -0.05) is 6.58 Å². The molecule has 2 unspecified atom stereocenters. The fourth-order valence-electron chi connectivity index (χ4n) is 2.59. The van der Waals surface area contributed by atoms with Gasteiger partial charge in [-0.25, -0.2) is 4.79 Å². The summed E-state index contributed by atoms with van der Waals surface area (Å²) < 4.78 is 0. The van der Waals surface area contributed by atoms with Crippen molar-refractivity contribution >= 4 is 18.2 Å². The van der Waals surface area contributed by atoms with E-state index >= 15 is 0 Å². The first-order chi connectivity index (χ1) is 8.54. The summed E-state index contributed by atoms with van der Waals surface area (Å²) in [5.41, 5.74) is -0.624. The first-order valence-electron chi connectivity index (χ1n) is 5.92. The highest BCUT2D eigenvalue weighted by molar-refractivity contribution is 6.03. The van der Waals surface area contributed by atoms with Crippen molar-refractivity contribution in [1.82, 2.24) is 10.6 Å². The first kappa shape index (κ1) is 12.8. The molecule has 1 aliphatic heterocycles. The summed E-state index contributed by atoms with van der Waals surface area (Å²) in [6.45, 7) is 3.45. The van der Waals surface area contributed by atoms with Gasteiger partial charge in [-0.3, -0.25) is 10.1 Å². The quantitative estimate of drug-likeness (QED) is 0.597. The van der Waals surface area contributed by atoms with Crippen LogP contribution in [0.4, 0.5) is 4.79 Å². The van der Waals surface area contributed by atoms with Crippen LogP contribution in [-0.4, -0.2) is 29.9 Å². The Morgan fingerprint density at radius 3 is 2.56 bits per heavy atom. The van der Waals surface area contributed by atoms with Crippen molar-refractivity contribution in [2.45, 2.75) is 19.3 Å². The zero-order valence-electron chi connectivity index (χ0n) is 9.94. The molecule has 1 aliphatic carbocycles. The summed E-state index contributed by atoms with van der Waals surface area (Å²) in [6.07, 6.45) is 2.54. The Balaban J connectivity index is 2.30. The summed E-state index contributed by atoms with van der Waals surface area (Å²) in [5.74, 6) is -0.957. The van der Waals surface area contributed by atoms with Gasteiger partial charge in [-0.05, 0) is 25.2 Å². The van der Waals surface area contributed by atoms with Gasteiger partial charge in [0.15, 0.2) is 0 Å². The molecule has 0 radical (unpaired) electrons. The smallest absolute Gasteiger partial charge is 0.325 e. The van der Waals surface area contributed by atoms with Gasteiger partial charge in [0, 0.05) is 11.6 Å². The van der Waals surface area contributed by atoms with Crippen LogP contribution in [0.5, 0.6) is 0 Å². The number of aliphatic hydroxyl groups is 1. The molecule has 3 N–H and O–H groups in total. The van der Waals surface area contributed by atoms with Crippen LogP contribution < -0.4 is 10.6 Å². The zero-order valence-corrected chi connectivity index (χ0v) is 9.94. The van der Waals surface area contributed by atoms with Gasteiger partial charge >= 0.3 is 6.03 Å². The lowest BCUT2D eigenvalue weighted by Crippen LogP contribution is -2.58. The van der Waals surface area contributed by atoms with Gasteiger partial charge in [0.05, 0.1) is 12.0 Å². The highest BCUT2D eigenvalue weighted by Crippen LogP contribution is 2.53. The monoisotopic (exact) mass is 252 g/mol. The van der Waals surface area contributed by atoms with E-state index in [9.17, 15) is 14.4 Å². The van der Waals surface area contributed by atoms with Crippen molar-refractivity contribution in [2.24, 2.45) is 17.3 Å². The second kappa shape index (κ2) is 4.53. The largest absolute Gasteiger partial charge is 0.396 e. The second-order valence-electron chi connectivity index (χ2n) is 4.92. The zero-order chi connectivity index (χ0) is 13.3. The molecule has 0 bridgehead atoms. The van der Waals surface area contributed by atoms with E-state index in [2.05, 4.69) is 17.2 Å². The molecule has 6 nitrogen and oxygen atoms in total. The Morgan fingerprint density at radius 2 is 2.11 bits per heavy atom. The lowest BCUT2D eigenvalue weighted by atomic mass is 9.71. The normalized spacial score (nSPS) is 29.5. The molecule has 1 saturated carbocycles. The SMILES string of the molecule is C=C1NC(=O)NC(=O)C1(CC(C=O)CO)C1CC1. The molecule has 6 heteroatoms. The van der Waals surface area contributed by atoms with Crippen molar-refractivity contribution in [3.63, 3.8) is 0 Å². The average molecular weight is 252 g/mol. The van der Waals surface area contributed by atoms with Crippen LogP contribution in [0.15, 0.2) is 12.3 Å². The predicted molar refractivity (Wildman–Crippen MR) is 62.2 cm³/mol. The van der Waals surface area contributed by atoms with Crippen molar-refractivity contribution in [1.29, 1.82) is 0 Å². The molecule has 3 amide bonds. The molecule has 2 rings (SSSR count). The minimum Gasteiger partial charge on any atom is -0.396 e. The van der Waals surface area contributed by atoms with Gasteiger partial charge in [-0.2, -0.15) is 0 Å². The number of hydrogen-bond acceptors (Lipinski definition) is 4. The molecule has 2 fully saturated rings. The predicted octanol–water partition coefficient (Wildman–Crippen LogP) is -0.0666. The van der Waals surface area contributed by atoms with E-state index in [1.54, 1.807) is 0 Å². The highest BCUT2D eigenvalue weighted by atomic mass is 16.3. The average Bonchev–Trinajstić information content (AvgIpc) is 3.13. The number of urea groups is 1. The van der Waals surface area contributed by atoms with Crippen molar-refractivity contribution in [3.05, 3.63) is 12.3 Å². The van der Waals surface area contributed by atoms with E-state index in [0.717, 1.165) is 12.8 Å². The van der Waals surface area contributed by atoms with Gasteiger partial charge < -0.3 is 15.2 Å². The number of rotatable bonds is 5. The van der Waals surface area contributed by atoms with Gasteiger partial charge in [0.25, 0.3) is 0 Å². The standard InChI is InChI=1S/C12H16N2O4/c1-7-12(9-2-3-9,4-8(5-15)6-16)10(17)14-11(18)13-7/h5,8-9,16H,1-4,6H2,(H2,13,14,17,18). The number of aldehydes is 1. The molecule has 0 aromatic carbocycles. The van der Waals surface area contributed by atoms with Crippen LogP contribution in [0.25, 0.3) is 0 Å². The maximum atomic E-state index is 12.2. The van der Waals surface area contributed by atoms with Crippen LogP contribution in [0.3, 0.4) is 0 Å². The number of carbonyl (C=O) groups excluding carboxylic acids is 3. The number of aliphatic hydroxyl groups excluding tert-OH is 1. The molecule has 0 aromatic heterocycles.